The van der Waals surface area contributed by atoms with Gasteiger partial charge in [-0.2, -0.15) is 5.26 Å². The summed E-state index contributed by atoms with van der Waals surface area (Å²) >= 11 is 0. The van der Waals surface area contributed by atoms with Gasteiger partial charge >= 0.3 is 5.97 Å². The number of nitrogens with one attached hydrogen (secondary N) is 1. The van der Waals surface area contributed by atoms with Crippen molar-refractivity contribution in [1.29, 1.82) is 5.26 Å². The molecule has 1 spiro atoms. The molecule has 0 unspecified atom stereocenters. The normalized spacial score (nSPS) is 16.6. The van der Waals surface area contributed by atoms with Crippen LogP contribution in [0.4, 0.5) is 11.4 Å². The molecule has 2 amide bonds. The molecule has 1 saturated carbocycles. The topological polar surface area (TPSA) is 104 Å². The molecule has 1 aromatic carbocycles. The summed E-state index contributed by atoms with van der Waals surface area (Å²) in [4.78, 5) is 40.7. The molecule has 0 saturated heterocycles. The number of fused-ring (bicyclic) bond motifs is 1. The average Bonchev–Trinajstić information content (AvgIpc) is 3.43. The van der Waals surface area contributed by atoms with Gasteiger partial charge < -0.3 is 14.6 Å². The number of esters is 1. The van der Waals surface area contributed by atoms with Crippen LogP contribution in [0.2, 0.25) is 0 Å². The van der Waals surface area contributed by atoms with E-state index in [1.54, 1.807) is 24.3 Å². The van der Waals surface area contributed by atoms with Crippen molar-refractivity contribution in [3.05, 3.63) is 52.9 Å². The number of aryl methyl sites for hydroxylation is 1. The van der Waals surface area contributed by atoms with E-state index in [0.29, 0.717) is 24.2 Å². The highest BCUT2D eigenvalue weighted by molar-refractivity contribution is 6.15. The Bertz CT molecular complexity index is 1240. The van der Waals surface area contributed by atoms with Crippen LogP contribution in [0.3, 0.4) is 0 Å². The first-order valence-electron chi connectivity index (χ1n) is 12.0. The van der Waals surface area contributed by atoms with Gasteiger partial charge in [0.25, 0.3) is 11.8 Å². The van der Waals surface area contributed by atoms with Crippen LogP contribution in [-0.2, 0) is 25.7 Å². The molecule has 0 bridgehead atoms. The zero-order valence-corrected chi connectivity index (χ0v) is 20.4. The maximum absolute atomic E-state index is 13.4. The number of aromatic nitrogens is 1. The molecule has 0 atom stereocenters. The third kappa shape index (κ3) is 4.34. The monoisotopic (exact) mass is 474 g/mol. The van der Waals surface area contributed by atoms with Crippen molar-refractivity contribution in [2.45, 2.75) is 65.0 Å². The molecule has 0 radical (unpaired) electrons. The quantitative estimate of drug-likeness (QED) is 0.383. The van der Waals surface area contributed by atoms with Gasteiger partial charge in [-0.15, -0.1) is 0 Å². The van der Waals surface area contributed by atoms with E-state index in [1.165, 1.54) is 11.0 Å². The Labute approximate surface area is 205 Å². The Hall–Kier alpha value is -3.86. The lowest BCUT2D eigenvalue weighted by atomic mass is 9.90. The highest BCUT2D eigenvalue weighted by Crippen LogP contribution is 2.45. The van der Waals surface area contributed by atoms with E-state index >= 15 is 0 Å². The average molecular weight is 475 g/mol. The fourth-order valence-electron chi connectivity index (χ4n) is 5.23. The van der Waals surface area contributed by atoms with Crippen molar-refractivity contribution in [3.8, 4) is 6.07 Å². The van der Waals surface area contributed by atoms with Crippen molar-refractivity contribution in [2.24, 2.45) is 0 Å². The van der Waals surface area contributed by atoms with E-state index in [1.807, 2.05) is 26.0 Å². The summed E-state index contributed by atoms with van der Waals surface area (Å²) in [6.45, 7) is 6.30. The first-order chi connectivity index (χ1) is 16.8. The summed E-state index contributed by atoms with van der Waals surface area (Å²) in [5.41, 5.74) is 2.75. The minimum absolute atomic E-state index is 0.179. The molecule has 2 aromatic rings. The number of hydrogen-bond donors (Lipinski definition) is 1. The number of rotatable bonds is 6. The maximum Gasteiger partial charge on any atom is 0.349 e. The molecule has 4 rings (SSSR count). The van der Waals surface area contributed by atoms with E-state index < -0.39 is 24.0 Å². The Morgan fingerprint density at radius 3 is 2.63 bits per heavy atom. The molecule has 1 aliphatic carbocycles. The van der Waals surface area contributed by atoms with Gasteiger partial charge in [0, 0.05) is 17.9 Å². The number of nitriles is 1. The Kier molecular flexibility index (Phi) is 6.79. The second-order valence-corrected chi connectivity index (χ2v) is 9.16. The zero-order valence-electron chi connectivity index (χ0n) is 20.4. The minimum Gasteiger partial charge on any atom is -0.451 e. The van der Waals surface area contributed by atoms with Crippen LogP contribution in [0.25, 0.3) is 6.08 Å². The van der Waals surface area contributed by atoms with Gasteiger partial charge in [-0.1, -0.05) is 31.9 Å². The number of hydrogen-bond acceptors (Lipinski definition) is 5. The van der Waals surface area contributed by atoms with Crippen LogP contribution in [0.1, 0.15) is 56.0 Å². The molecule has 8 nitrogen and oxygen atoms in total. The van der Waals surface area contributed by atoms with Crippen molar-refractivity contribution in [3.63, 3.8) is 0 Å². The summed E-state index contributed by atoms with van der Waals surface area (Å²) in [6, 6.07) is 10.9. The molecule has 2 aliphatic rings. The molecule has 1 aromatic heterocycles. The Balaban J connectivity index is 1.55. The van der Waals surface area contributed by atoms with E-state index in [-0.39, 0.29) is 11.5 Å². The van der Waals surface area contributed by atoms with E-state index in [9.17, 15) is 19.6 Å². The number of carbonyl (C=O) groups excluding carboxylic acids is 3. The van der Waals surface area contributed by atoms with E-state index in [2.05, 4.69) is 16.8 Å². The summed E-state index contributed by atoms with van der Waals surface area (Å²) in [6.07, 6.45) is 5.22. The number of para-hydroxylation sites is 2. The zero-order chi connectivity index (χ0) is 25.2. The SMILES string of the molecule is CCCn1c(C)cc(/C=C(\C#N)C(=O)OCC(=O)N2c3ccccc3NC(=O)C23CCCC3)c1C. The van der Waals surface area contributed by atoms with Crippen molar-refractivity contribution >= 4 is 35.2 Å². The highest BCUT2D eigenvalue weighted by atomic mass is 16.5. The third-order valence-corrected chi connectivity index (χ3v) is 6.95. The molecular formula is C27H30N4O4. The lowest BCUT2D eigenvalue weighted by Crippen LogP contribution is -2.61. The van der Waals surface area contributed by atoms with Crippen molar-refractivity contribution in [2.75, 3.05) is 16.8 Å². The molecule has 182 valence electrons. The molecule has 2 heterocycles. The fraction of sp³-hybridized carbons (Fsp3) is 0.407. The number of carbonyl (C=O) groups is 3. The molecule has 8 heteroatoms. The van der Waals surface area contributed by atoms with Crippen LogP contribution in [0.15, 0.2) is 35.9 Å². The lowest BCUT2D eigenvalue weighted by molar-refractivity contribution is -0.144. The van der Waals surface area contributed by atoms with Crippen LogP contribution in [0, 0.1) is 25.2 Å². The smallest absolute Gasteiger partial charge is 0.349 e. The highest BCUT2D eigenvalue weighted by Gasteiger charge is 2.52. The van der Waals surface area contributed by atoms with Crippen LogP contribution in [0.5, 0.6) is 0 Å². The van der Waals surface area contributed by atoms with Crippen LogP contribution in [-0.4, -0.2) is 34.5 Å². The van der Waals surface area contributed by atoms with Crippen molar-refractivity contribution in [1.82, 2.24) is 4.57 Å². The standard InChI is InChI=1S/C27H30N4O4/c1-4-13-30-18(2)14-20(19(30)3)15-21(16-28)25(33)35-17-24(32)31-23-10-6-5-9-22(23)29-26(34)27(31)11-7-8-12-27/h5-6,9-10,14-15H,4,7-8,11-13,17H2,1-3H3,(H,29,34)/b21-15+. The van der Waals surface area contributed by atoms with Gasteiger partial charge in [-0.25, -0.2) is 4.79 Å². The summed E-state index contributed by atoms with van der Waals surface area (Å²) in [5, 5.41) is 12.5. The second kappa shape index (κ2) is 9.79. The molecule has 1 fully saturated rings. The predicted octanol–water partition coefficient (Wildman–Crippen LogP) is 4.26. The first kappa shape index (κ1) is 24.3. The number of amides is 2. The lowest BCUT2D eigenvalue weighted by Gasteiger charge is -2.44. The number of benzene rings is 1. The van der Waals surface area contributed by atoms with Gasteiger partial charge in [0.15, 0.2) is 6.61 Å². The molecule has 1 N–H and O–H groups in total. The van der Waals surface area contributed by atoms with Gasteiger partial charge in [-0.05, 0) is 62.9 Å². The van der Waals surface area contributed by atoms with Crippen LogP contribution >= 0.6 is 0 Å². The number of ether oxygens (including phenoxy) is 1. The summed E-state index contributed by atoms with van der Waals surface area (Å²) in [7, 11) is 0. The molecule has 1 aliphatic heterocycles. The van der Waals surface area contributed by atoms with Gasteiger partial charge in [0.1, 0.15) is 17.2 Å². The number of anilines is 2. The minimum atomic E-state index is -0.984. The largest absolute Gasteiger partial charge is 0.451 e. The third-order valence-electron chi connectivity index (χ3n) is 6.95. The Morgan fingerprint density at radius 2 is 1.94 bits per heavy atom. The first-order valence-corrected chi connectivity index (χ1v) is 12.0. The van der Waals surface area contributed by atoms with Crippen LogP contribution < -0.4 is 10.2 Å². The van der Waals surface area contributed by atoms with Gasteiger partial charge in [-0.3, -0.25) is 14.5 Å². The summed E-state index contributed by atoms with van der Waals surface area (Å²) in [5.74, 6) is -1.56. The van der Waals surface area contributed by atoms with E-state index in [0.717, 1.165) is 42.8 Å². The maximum atomic E-state index is 13.4. The summed E-state index contributed by atoms with van der Waals surface area (Å²) < 4.78 is 7.43. The molecule has 35 heavy (non-hydrogen) atoms. The second-order valence-electron chi connectivity index (χ2n) is 9.16. The molecular weight excluding hydrogens is 444 g/mol. The number of nitrogens with zero attached hydrogens (tertiary/aromatic N) is 3. The predicted molar refractivity (Wildman–Crippen MR) is 133 cm³/mol. The van der Waals surface area contributed by atoms with Gasteiger partial charge in [0.05, 0.1) is 11.4 Å². The van der Waals surface area contributed by atoms with Gasteiger partial charge in [0.2, 0.25) is 0 Å². The van der Waals surface area contributed by atoms with Crippen molar-refractivity contribution < 1.29 is 19.1 Å². The fourth-order valence-corrected chi connectivity index (χ4v) is 5.23. The Morgan fingerprint density at radius 1 is 1.23 bits per heavy atom. The van der Waals surface area contributed by atoms with E-state index in [4.69, 9.17) is 4.74 Å².